The molecule has 292 valence electrons. The molecule has 2 saturated heterocycles. The molecule has 14 nitrogen and oxygen atoms in total. The van der Waals surface area contributed by atoms with Crippen molar-refractivity contribution in [3.8, 4) is 33.6 Å². The Morgan fingerprint density at radius 2 is 1.30 bits per heavy atom. The summed E-state index contributed by atoms with van der Waals surface area (Å²) in [5, 5.41) is 3.32. The Bertz CT molecular complexity index is 2100. The number of imidazole rings is 2. The lowest BCUT2D eigenvalue weighted by molar-refractivity contribution is -0.188. The summed E-state index contributed by atoms with van der Waals surface area (Å²) >= 11 is 0. The molecule has 2 amide bonds. The molecule has 7 rings (SSSR count). The molecule has 0 unspecified atom stereocenters. The Morgan fingerprint density at radius 3 is 1.79 bits per heavy atom. The van der Waals surface area contributed by atoms with Gasteiger partial charge in [0, 0.05) is 19.3 Å². The van der Waals surface area contributed by atoms with Gasteiger partial charge in [0.2, 0.25) is 18.2 Å². The first-order valence-electron chi connectivity index (χ1n) is 19.4. The number of hydrogen-bond donors (Lipinski definition) is 3. The van der Waals surface area contributed by atoms with Crippen LogP contribution in [0.5, 0.6) is 0 Å². The van der Waals surface area contributed by atoms with Gasteiger partial charge in [0.1, 0.15) is 35.9 Å². The Labute approximate surface area is 327 Å². The molecule has 0 aliphatic carbocycles. The van der Waals surface area contributed by atoms with E-state index in [0.717, 1.165) is 71.0 Å². The lowest BCUT2D eigenvalue weighted by atomic mass is 10.0. The first-order valence-corrected chi connectivity index (χ1v) is 19.4. The van der Waals surface area contributed by atoms with Crippen LogP contribution in [0.1, 0.15) is 77.1 Å². The molecule has 0 saturated carbocycles. The number of H-pyrrole nitrogens is 2. The molecule has 0 spiro atoms. The van der Waals surface area contributed by atoms with Crippen molar-refractivity contribution in [2.45, 2.75) is 77.5 Å². The summed E-state index contributed by atoms with van der Waals surface area (Å²) in [6.45, 7) is 9.36. The third-order valence-electron chi connectivity index (χ3n) is 10.7. The average molecular weight is 759 g/mol. The lowest BCUT2D eigenvalue weighted by Crippen LogP contribution is -2.45. The van der Waals surface area contributed by atoms with E-state index in [4.69, 9.17) is 14.9 Å². The van der Waals surface area contributed by atoms with E-state index in [0.29, 0.717) is 18.9 Å². The first kappa shape index (κ1) is 38.4. The van der Waals surface area contributed by atoms with E-state index in [1.807, 2.05) is 49.9 Å². The average Bonchev–Trinajstić information content (AvgIpc) is 4.06. The predicted octanol–water partition coefficient (Wildman–Crippen LogP) is 7.02. The van der Waals surface area contributed by atoms with Crippen molar-refractivity contribution in [3.05, 3.63) is 91.2 Å². The molecule has 56 heavy (non-hydrogen) atoms. The van der Waals surface area contributed by atoms with Crippen LogP contribution < -0.4 is 5.32 Å². The van der Waals surface area contributed by atoms with Crippen molar-refractivity contribution in [2.24, 2.45) is 16.8 Å². The minimum atomic E-state index is -0.568. The predicted molar refractivity (Wildman–Crippen MR) is 214 cm³/mol. The molecule has 5 heterocycles. The molecule has 2 aliphatic rings. The number of nitrogens with zero attached hydrogens (tertiary/aromatic N) is 7. The number of aromatic amines is 2. The van der Waals surface area contributed by atoms with Crippen molar-refractivity contribution in [2.75, 3.05) is 25.5 Å². The van der Waals surface area contributed by atoms with Crippen molar-refractivity contribution >= 4 is 24.0 Å². The zero-order valence-electron chi connectivity index (χ0n) is 32.6. The van der Waals surface area contributed by atoms with E-state index in [2.05, 4.69) is 83.7 Å². The van der Waals surface area contributed by atoms with Crippen LogP contribution in [-0.4, -0.2) is 90.2 Å². The van der Waals surface area contributed by atoms with Crippen LogP contribution in [0.25, 0.3) is 33.6 Å². The second-order valence-electron chi connectivity index (χ2n) is 15.1. The van der Waals surface area contributed by atoms with Crippen LogP contribution in [-0.2, 0) is 19.4 Å². The molecule has 14 heteroatoms. The topological polar surface area (TPSA) is 167 Å². The molecule has 2 fully saturated rings. The van der Waals surface area contributed by atoms with Gasteiger partial charge in [0.15, 0.2) is 0 Å². The maximum Gasteiger partial charge on any atom is 0.248 e. The minimum Gasteiger partial charge on any atom is -0.358 e. The Hall–Kier alpha value is -5.89. The van der Waals surface area contributed by atoms with Crippen LogP contribution in [0, 0.1) is 11.8 Å². The summed E-state index contributed by atoms with van der Waals surface area (Å²) in [6.07, 6.45) is 11.5. The number of anilines is 1. The number of hydrogen-bond acceptors (Lipinski definition) is 10. The fourth-order valence-corrected chi connectivity index (χ4v) is 7.67. The zero-order valence-corrected chi connectivity index (χ0v) is 32.6. The molecule has 4 atom stereocenters. The summed E-state index contributed by atoms with van der Waals surface area (Å²) in [5.41, 5.74) is 6.01. The van der Waals surface area contributed by atoms with Gasteiger partial charge in [-0.2, -0.15) is 4.89 Å². The van der Waals surface area contributed by atoms with Gasteiger partial charge in [-0.15, -0.1) is 0 Å². The van der Waals surface area contributed by atoms with Crippen molar-refractivity contribution in [3.63, 3.8) is 0 Å². The fourth-order valence-electron chi connectivity index (χ4n) is 7.67. The summed E-state index contributed by atoms with van der Waals surface area (Å²) in [4.78, 5) is 69.6. The van der Waals surface area contributed by atoms with Crippen LogP contribution in [0.15, 0.2) is 84.5 Å². The van der Waals surface area contributed by atoms with Crippen molar-refractivity contribution in [1.82, 2.24) is 39.7 Å². The van der Waals surface area contributed by atoms with E-state index in [9.17, 15) is 9.59 Å². The van der Waals surface area contributed by atoms with Crippen LogP contribution >= 0.6 is 0 Å². The van der Waals surface area contributed by atoms with Crippen LogP contribution in [0.4, 0.5) is 5.82 Å². The first-order chi connectivity index (χ1) is 27.2. The second kappa shape index (κ2) is 17.3. The molecule has 3 aromatic heterocycles. The summed E-state index contributed by atoms with van der Waals surface area (Å²) in [7, 11) is 1.40. The fraction of sp³-hybridized carbons (Fsp3) is 0.405. The molecular weight excluding hydrogens is 709 g/mol. The highest BCUT2D eigenvalue weighted by atomic mass is 17.2. The third kappa shape index (κ3) is 8.35. The number of aromatic nitrogens is 6. The van der Waals surface area contributed by atoms with Gasteiger partial charge < -0.3 is 30.0 Å². The molecular formula is C42H50N10O4. The Kier molecular flexibility index (Phi) is 11.8. The Balaban J connectivity index is 0.996. The third-order valence-corrected chi connectivity index (χ3v) is 10.7. The van der Waals surface area contributed by atoms with E-state index in [1.165, 1.54) is 19.8 Å². The van der Waals surface area contributed by atoms with Crippen molar-refractivity contribution < 1.29 is 19.4 Å². The summed E-state index contributed by atoms with van der Waals surface area (Å²) in [5.74, 6) is 2.27. The molecule has 5 aromatic rings. The number of carbonyl (C=O) groups excluding carboxylic acids is 2. The van der Waals surface area contributed by atoms with Crippen molar-refractivity contribution in [1.29, 1.82) is 0 Å². The Morgan fingerprint density at radius 1 is 0.768 bits per heavy atom. The van der Waals surface area contributed by atoms with E-state index in [1.54, 1.807) is 12.3 Å². The van der Waals surface area contributed by atoms with Gasteiger partial charge in [-0.05, 0) is 65.8 Å². The van der Waals surface area contributed by atoms with Gasteiger partial charge >= 0.3 is 0 Å². The summed E-state index contributed by atoms with van der Waals surface area (Å²) in [6, 6.07) is 17.3. The number of carbonyl (C=O) groups is 2. The normalized spacial score (nSPS) is 18.3. The van der Waals surface area contributed by atoms with E-state index < -0.39 is 12.1 Å². The number of nitrogens with one attached hydrogen (secondary N) is 3. The van der Waals surface area contributed by atoms with Gasteiger partial charge in [-0.1, -0.05) is 76.2 Å². The van der Waals surface area contributed by atoms with E-state index >= 15 is 0 Å². The van der Waals surface area contributed by atoms with Crippen LogP contribution in [0.2, 0.25) is 0 Å². The van der Waals surface area contributed by atoms with Gasteiger partial charge in [-0.3, -0.25) is 9.59 Å². The highest BCUT2D eigenvalue weighted by Crippen LogP contribution is 2.35. The highest BCUT2D eigenvalue weighted by molar-refractivity contribution is 5.85. The monoisotopic (exact) mass is 758 g/mol. The zero-order chi connectivity index (χ0) is 39.2. The maximum atomic E-state index is 13.8. The van der Waals surface area contributed by atoms with Gasteiger partial charge in [0.25, 0.3) is 0 Å². The SMILES string of the molecule is COO/C=N/[C@H](C(=O)N1CCC[C@H]1c1ncc(-c2ccc(-c3ccc(-c4cnc([C@@H]5CCCN5C(=O)[C@@H](Nc5ccncn5)C(C)C)[nH]4)cc3)cc2)[nH]1)C(C)C. The summed E-state index contributed by atoms with van der Waals surface area (Å²) < 4.78 is 0. The molecule has 3 N–H and O–H groups in total. The smallest absolute Gasteiger partial charge is 0.248 e. The minimum absolute atomic E-state index is 0.00403. The molecule has 2 aliphatic heterocycles. The molecule has 0 bridgehead atoms. The number of rotatable bonds is 14. The second-order valence-corrected chi connectivity index (χ2v) is 15.1. The number of amides is 2. The lowest BCUT2D eigenvalue weighted by Gasteiger charge is -2.30. The largest absolute Gasteiger partial charge is 0.358 e. The molecule has 2 aromatic carbocycles. The quantitative estimate of drug-likeness (QED) is 0.0467. The number of aliphatic imine (C=N–C) groups is 1. The maximum absolute atomic E-state index is 13.8. The van der Waals surface area contributed by atoms with Crippen LogP contribution in [0.3, 0.4) is 0 Å². The van der Waals surface area contributed by atoms with Gasteiger partial charge in [0.05, 0.1) is 43.0 Å². The molecule has 0 radical (unpaired) electrons. The highest BCUT2D eigenvalue weighted by Gasteiger charge is 2.38. The van der Waals surface area contributed by atoms with Gasteiger partial charge in [-0.25, -0.2) is 24.9 Å². The number of likely N-dealkylation sites (tertiary alicyclic amines) is 2. The van der Waals surface area contributed by atoms with E-state index in [-0.39, 0.29) is 35.7 Å². The standard InChI is InChI=1S/C42H50N10O4/c1-26(2)37(47-25-56-55-5)41(53)51-20-6-8-34(51)39-44-22-32(48-39)30-14-10-28(11-15-30)29-12-16-31(17-13-29)33-23-45-40(49-33)35-9-7-21-52(35)42(54)38(27(3)4)50-36-18-19-43-24-46-36/h10-19,22-27,34-35,37-38H,6-9,20-21H2,1-5H3,(H,44,48)(H,45,49)(H,43,46,50)/b47-25+/t34-,35-,37-,38-/m0/s1. The number of benzene rings is 2.